The van der Waals surface area contributed by atoms with Crippen LogP contribution in [0.25, 0.3) is 0 Å². The number of ether oxygens (including phenoxy) is 1. The van der Waals surface area contributed by atoms with Crippen molar-refractivity contribution in [2.45, 2.75) is 43.5 Å². The summed E-state index contributed by atoms with van der Waals surface area (Å²) in [7, 11) is -3.96. The summed E-state index contributed by atoms with van der Waals surface area (Å²) in [6, 6.07) is 5.89. The standard InChI is InChI=1S/C19H21F3N2O4S2/c1-2-16-15-9-12-29-17(15)8-11-24(16)18(25)7-10-23-30(26,27)14-5-3-13(4-6-14)28-19(20,21)22/h3-6,9,12,16,23H,2,7-8,10-11H2,1H3/t16-/m1/s1. The van der Waals surface area contributed by atoms with Gasteiger partial charge in [0.05, 0.1) is 10.9 Å². The summed E-state index contributed by atoms with van der Waals surface area (Å²) in [5, 5.41) is 2.01. The van der Waals surface area contributed by atoms with Crippen molar-refractivity contribution in [3.63, 3.8) is 0 Å². The summed E-state index contributed by atoms with van der Waals surface area (Å²) in [6.45, 7) is 2.50. The van der Waals surface area contributed by atoms with Crippen molar-refractivity contribution < 1.29 is 31.1 Å². The minimum absolute atomic E-state index is 0.00900. The quantitative estimate of drug-likeness (QED) is 0.678. The van der Waals surface area contributed by atoms with Gasteiger partial charge in [0.25, 0.3) is 0 Å². The number of hydrogen-bond donors (Lipinski definition) is 1. The Labute approximate surface area is 176 Å². The van der Waals surface area contributed by atoms with E-state index in [9.17, 15) is 26.4 Å². The second kappa shape index (κ2) is 8.94. The van der Waals surface area contributed by atoms with E-state index in [4.69, 9.17) is 0 Å². The molecule has 0 saturated heterocycles. The van der Waals surface area contributed by atoms with Crippen molar-refractivity contribution in [2.75, 3.05) is 13.1 Å². The molecule has 1 aromatic heterocycles. The number of fused-ring (bicyclic) bond motifs is 1. The summed E-state index contributed by atoms with van der Waals surface area (Å²) in [5.41, 5.74) is 1.16. The molecule has 0 radical (unpaired) electrons. The largest absolute Gasteiger partial charge is 0.573 e. The van der Waals surface area contributed by atoms with Crippen LogP contribution in [0.3, 0.4) is 0 Å². The smallest absolute Gasteiger partial charge is 0.406 e. The fourth-order valence-electron chi connectivity index (χ4n) is 3.47. The molecule has 6 nitrogen and oxygen atoms in total. The van der Waals surface area contributed by atoms with E-state index < -0.39 is 22.1 Å². The molecule has 164 valence electrons. The third kappa shape index (κ3) is 5.32. The third-order valence-electron chi connectivity index (χ3n) is 4.80. The van der Waals surface area contributed by atoms with Crippen LogP contribution in [0.2, 0.25) is 0 Å². The van der Waals surface area contributed by atoms with Gasteiger partial charge in [-0.15, -0.1) is 24.5 Å². The maximum absolute atomic E-state index is 12.7. The molecule has 1 aliphatic heterocycles. The summed E-state index contributed by atoms with van der Waals surface area (Å²) >= 11 is 1.68. The Hall–Kier alpha value is -2.11. The Bertz CT molecular complexity index is 988. The van der Waals surface area contributed by atoms with Crippen LogP contribution in [0, 0.1) is 0 Å². The van der Waals surface area contributed by atoms with Crippen molar-refractivity contribution in [1.82, 2.24) is 9.62 Å². The summed E-state index contributed by atoms with van der Waals surface area (Å²) in [6.07, 6.45) is -3.31. The van der Waals surface area contributed by atoms with Crippen molar-refractivity contribution in [3.8, 4) is 5.75 Å². The fraction of sp³-hybridized carbons (Fsp3) is 0.421. The molecule has 0 spiro atoms. The number of nitrogens with zero attached hydrogens (tertiary/aromatic N) is 1. The van der Waals surface area contributed by atoms with E-state index in [1.54, 1.807) is 16.2 Å². The van der Waals surface area contributed by atoms with Gasteiger partial charge in [-0.3, -0.25) is 4.79 Å². The van der Waals surface area contributed by atoms with Crippen LogP contribution in [-0.2, 0) is 21.2 Å². The van der Waals surface area contributed by atoms with Crippen LogP contribution in [0.15, 0.2) is 40.6 Å². The molecule has 30 heavy (non-hydrogen) atoms. The number of alkyl halides is 3. The van der Waals surface area contributed by atoms with Crippen LogP contribution < -0.4 is 9.46 Å². The highest BCUT2D eigenvalue weighted by atomic mass is 32.2. The van der Waals surface area contributed by atoms with Crippen LogP contribution in [0.4, 0.5) is 13.2 Å². The van der Waals surface area contributed by atoms with Crippen molar-refractivity contribution in [3.05, 3.63) is 46.2 Å². The van der Waals surface area contributed by atoms with Gasteiger partial charge in [-0.05, 0) is 54.1 Å². The first-order valence-corrected chi connectivity index (χ1v) is 11.7. The molecule has 1 aromatic carbocycles. The van der Waals surface area contributed by atoms with Gasteiger partial charge in [0.1, 0.15) is 5.75 Å². The third-order valence-corrected chi connectivity index (χ3v) is 7.27. The Morgan fingerprint density at radius 3 is 2.60 bits per heavy atom. The zero-order valence-electron chi connectivity index (χ0n) is 16.1. The number of thiophene rings is 1. The highest BCUT2D eigenvalue weighted by molar-refractivity contribution is 7.89. The Kier molecular flexibility index (Phi) is 6.73. The van der Waals surface area contributed by atoms with Gasteiger partial charge < -0.3 is 9.64 Å². The van der Waals surface area contributed by atoms with Gasteiger partial charge in [0, 0.05) is 24.4 Å². The molecule has 0 saturated carbocycles. The number of rotatable bonds is 7. The monoisotopic (exact) mass is 462 g/mol. The molecule has 0 fully saturated rings. The van der Waals surface area contributed by atoms with E-state index in [-0.39, 0.29) is 29.8 Å². The molecular weight excluding hydrogens is 441 g/mol. The lowest BCUT2D eigenvalue weighted by Gasteiger charge is -2.35. The van der Waals surface area contributed by atoms with E-state index in [0.717, 1.165) is 42.7 Å². The maximum Gasteiger partial charge on any atom is 0.573 e. The number of hydrogen-bond acceptors (Lipinski definition) is 5. The second-order valence-corrected chi connectivity index (χ2v) is 9.49. The van der Waals surface area contributed by atoms with Gasteiger partial charge >= 0.3 is 6.36 Å². The van der Waals surface area contributed by atoms with E-state index >= 15 is 0 Å². The van der Waals surface area contributed by atoms with Crippen LogP contribution in [-0.4, -0.2) is 38.7 Å². The number of benzene rings is 1. The zero-order chi connectivity index (χ0) is 21.9. The van der Waals surface area contributed by atoms with E-state index in [1.165, 1.54) is 4.88 Å². The average Bonchev–Trinajstić information content (AvgIpc) is 3.15. The molecule has 1 aliphatic rings. The predicted molar refractivity (Wildman–Crippen MR) is 106 cm³/mol. The van der Waals surface area contributed by atoms with E-state index in [1.807, 2.05) is 18.4 Å². The lowest BCUT2D eigenvalue weighted by molar-refractivity contribution is -0.274. The van der Waals surface area contributed by atoms with Crippen LogP contribution >= 0.6 is 11.3 Å². The Balaban J connectivity index is 1.57. The lowest BCUT2D eigenvalue weighted by Crippen LogP contribution is -2.40. The Morgan fingerprint density at radius 2 is 1.97 bits per heavy atom. The van der Waals surface area contributed by atoms with Gasteiger partial charge in [-0.25, -0.2) is 13.1 Å². The Morgan fingerprint density at radius 1 is 1.27 bits per heavy atom. The van der Waals surface area contributed by atoms with E-state index in [2.05, 4.69) is 9.46 Å². The highest BCUT2D eigenvalue weighted by Gasteiger charge is 2.32. The predicted octanol–water partition coefficient (Wildman–Crippen LogP) is 3.85. The van der Waals surface area contributed by atoms with E-state index in [0.29, 0.717) is 6.54 Å². The van der Waals surface area contributed by atoms with Gasteiger partial charge in [-0.2, -0.15) is 0 Å². The number of halogens is 3. The number of carbonyl (C=O) groups is 1. The first-order valence-electron chi connectivity index (χ1n) is 9.32. The number of nitrogens with one attached hydrogen (secondary N) is 1. The number of carbonyl (C=O) groups excluding carboxylic acids is 1. The highest BCUT2D eigenvalue weighted by Crippen LogP contribution is 2.35. The maximum atomic E-state index is 12.7. The molecule has 2 aromatic rings. The summed E-state index contributed by atoms with van der Waals surface area (Å²) < 4.78 is 67.3. The van der Waals surface area contributed by atoms with Crippen LogP contribution in [0.1, 0.15) is 36.2 Å². The zero-order valence-corrected chi connectivity index (χ0v) is 17.7. The molecular formula is C19H21F3N2O4S2. The molecule has 0 aliphatic carbocycles. The topological polar surface area (TPSA) is 75.7 Å². The average molecular weight is 463 g/mol. The minimum atomic E-state index is -4.85. The van der Waals surface area contributed by atoms with Crippen molar-refractivity contribution >= 4 is 27.3 Å². The minimum Gasteiger partial charge on any atom is -0.406 e. The van der Waals surface area contributed by atoms with Crippen molar-refractivity contribution in [1.29, 1.82) is 0 Å². The van der Waals surface area contributed by atoms with Gasteiger partial charge in [0.15, 0.2) is 0 Å². The molecule has 0 unspecified atom stereocenters. The molecule has 0 bridgehead atoms. The first kappa shape index (κ1) is 22.6. The van der Waals surface area contributed by atoms with Gasteiger partial charge in [0.2, 0.25) is 15.9 Å². The molecule has 1 amide bonds. The molecule has 3 rings (SSSR count). The summed E-state index contributed by atoms with van der Waals surface area (Å²) in [5.74, 6) is -0.657. The van der Waals surface area contributed by atoms with Crippen LogP contribution in [0.5, 0.6) is 5.75 Å². The lowest BCUT2D eigenvalue weighted by atomic mass is 9.97. The SMILES string of the molecule is CC[C@@H]1c2ccsc2CCN1C(=O)CCNS(=O)(=O)c1ccc(OC(F)(F)F)cc1. The molecule has 1 atom stereocenters. The fourth-order valence-corrected chi connectivity index (χ4v) is 5.43. The van der Waals surface area contributed by atoms with Gasteiger partial charge in [-0.1, -0.05) is 6.92 Å². The molecule has 1 N–H and O–H groups in total. The molecule has 11 heteroatoms. The summed E-state index contributed by atoms with van der Waals surface area (Å²) in [4.78, 5) is 15.5. The number of sulfonamides is 1. The van der Waals surface area contributed by atoms with Crippen molar-refractivity contribution in [2.24, 2.45) is 0 Å². The first-order chi connectivity index (χ1) is 14.1. The molecule has 2 heterocycles. The number of amides is 1. The normalized spacial score (nSPS) is 16.9. The second-order valence-electron chi connectivity index (χ2n) is 6.73.